The zero-order valence-corrected chi connectivity index (χ0v) is 24.7. The van der Waals surface area contributed by atoms with Gasteiger partial charge in [-0.25, -0.2) is 9.97 Å². The van der Waals surface area contributed by atoms with Gasteiger partial charge in [0, 0.05) is 29.0 Å². The highest BCUT2D eigenvalue weighted by molar-refractivity contribution is 7.98. The molecule has 2 N–H and O–H groups in total. The summed E-state index contributed by atoms with van der Waals surface area (Å²) in [5.41, 5.74) is 2.49. The molecule has 0 radical (unpaired) electrons. The Morgan fingerprint density at radius 1 is 1.09 bits per heavy atom. The molecule has 4 aromatic rings. The lowest BCUT2D eigenvalue weighted by molar-refractivity contribution is -0.138. The van der Waals surface area contributed by atoms with Gasteiger partial charge in [0.2, 0.25) is 5.89 Å². The van der Waals surface area contributed by atoms with Crippen LogP contribution in [0, 0.1) is 22.7 Å². The Labute approximate surface area is 256 Å². The quantitative estimate of drug-likeness (QED) is 0.169. The first-order valence-corrected chi connectivity index (χ1v) is 14.2. The number of nitriles is 2. The highest BCUT2D eigenvalue weighted by Crippen LogP contribution is 2.39. The molecule has 2 aromatic carbocycles. The Bertz CT molecular complexity index is 1660. The van der Waals surface area contributed by atoms with Crippen LogP contribution in [0.25, 0.3) is 22.6 Å². The van der Waals surface area contributed by atoms with Crippen LogP contribution < -0.4 is 9.64 Å². The molecule has 0 spiro atoms. The number of anilines is 1. The van der Waals surface area contributed by atoms with Crippen LogP contribution >= 0.6 is 23.4 Å². The summed E-state index contributed by atoms with van der Waals surface area (Å²) >= 11 is 7.21. The van der Waals surface area contributed by atoms with E-state index in [4.69, 9.17) is 30.6 Å². The lowest BCUT2D eigenvalue weighted by Crippen LogP contribution is -2.28. The van der Waals surface area contributed by atoms with E-state index in [1.165, 1.54) is 30.0 Å². The van der Waals surface area contributed by atoms with Gasteiger partial charge in [0.1, 0.15) is 59.8 Å². The highest BCUT2D eigenvalue weighted by atomic mass is 35.5. The largest absolute Gasteiger partial charge is 0.491 e. The molecule has 0 aliphatic heterocycles. The molecule has 1 atom stereocenters. The van der Waals surface area contributed by atoms with Crippen LogP contribution in [0.4, 0.5) is 5.82 Å². The maximum atomic E-state index is 12.1. The predicted octanol–water partition coefficient (Wildman–Crippen LogP) is 4.43. The SMILES string of the molecule is COC(=O)CN(C)c1nc(SCc2coc(-c3ccc(Cl)cc3)n2)c(C#N)c(-c2ccc(OCC(O)CO)cc2)c1C#N. The van der Waals surface area contributed by atoms with Crippen molar-refractivity contribution in [2.24, 2.45) is 0 Å². The van der Waals surface area contributed by atoms with E-state index < -0.39 is 18.7 Å². The molecule has 1 unspecified atom stereocenters. The second-order valence-corrected chi connectivity index (χ2v) is 10.5. The number of nitrogens with zero attached hydrogens (tertiary/aromatic N) is 5. The monoisotopic (exact) mass is 619 g/mol. The summed E-state index contributed by atoms with van der Waals surface area (Å²) in [4.78, 5) is 22.7. The fourth-order valence-electron chi connectivity index (χ4n) is 3.97. The van der Waals surface area contributed by atoms with Crippen LogP contribution in [0.15, 0.2) is 64.2 Å². The van der Waals surface area contributed by atoms with Gasteiger partial charge in [-0.1, -0.05) is 35.5 Å². The van der Waals surface area contributed by atoms with Crippen molar-refractivity contribution in [2.45, 2.75) is 16.9 Å². The molecule has 0 bridgehead atoms. The topological polar surface area (TPSA) is 166 Å². The second kappa shape index (κ2) is 14.5. The highest BCUT2D eigenvalue weighted by Gasteiger charge is 2.25. The first kappa shape index (κ1) is 31.3. The van der Waals surface area contributed by atoms with Gasteiger partial charge in [0.25, 0.3) is 0 Å². The maximum Gasteiger partial charge on any atom is 0.325 e. The number of hydrogen-bond donors (Lipinski definition) is 2. The number of rotatable bonds is 12. The average Bonchev–Trinajstić information content (AvgIpc) is 3.51. The fourth-order valence-corrected chi connectivity index (χ4v) is 4.95. The number of benzene rings is 2. The van der Waals surface area contributed by atoms with Crippen molar-refractivity contribution in [3.8, 4) is 40.5 Å². The van der Waals surface area contributed by atoms with Gasteiger partial charge >= 0.3 is 5.97 Å². The lowest BCUT2D eigenvalue weighted by Gasteiger charge is -2.22. The number of esters is 1. The zero-order chi connectivity index (χ0) is 30.9. The number of ether oxygens (including phenoxy) is 2. The minimum atomic E-state index is -1.03. The van der Waals surface area contributed by atoms with Gasteiger partial charge < -0.3 is 29.0 Å². The number of methoxy groups -OCH3 is 1. The number of likely N-dealkylation sites (N-methyl/N-ethyl adjacent to an activating group) is 1. The normalized spacial score (nSPS) is 11.3. The van der Waals surface area contributed by atoms with Crippen molar-refractivity contribution in [3.63, 3.8) is 0 Å². The van der Waals surface area contributed by atoms with Crippen molar-refractivity contribution in [1.82, 2.24) is 9.97 Å². The molecule has 0 aliphatic rings. The smallest absolute Gasteiger partial charge is 0.325 e. The van der Waals surface area contributed by atoms with Crippen molar-refractivity contribution in [3.05, 3.63) is 76.6 Å². The number of oxazole rings is 1. The number of pyridine rings is 1. The number of thioether (sulfide) groups is 1. The van der Waals surface area contributed by atoms with E-state index in [1.807, 2.05) is 0 Å². The Kier molecular flexibility index (Phi) is 10.6. The van der Waals surface area contributed by atoms with E-state index in [9.17, 15) is 20.4 Å². The van der Waals surface area contributed by atoms with Crippen LogP contribution in [0.3, 0.4) is 0 Å². The Balaban J connectivity index is 1.72. The molecule has 0 saturated carbocycles. The number of halogens is 1. The summed E-state index contributed by atoms with van der Waals surface area (Å²) in [6.45, 7) is -0.727. The molecular weight excluding hydrogens is 594 g/mol. The van der Waals surface area contributed by atoms with Gasteiger partial charge in [0.05, 0.1) is 25.0 Å². The van der Waals surface area contributed by atoms with Crippen LogP contribution in [-0.4, -0.2) is 66.2 Å². The molecule has 4 rings (SSSR count). The third-order valence-corrected chi connectivity index (χ3v) is 7.38. The van der Waals surface area contributed by atoms with Gasteiger partial charge in [-0.15, -0.1) is 0 Å². The molecule has 0 saturated heterocycles. The van der Waals surface area contributed by atoms with Crippen LogP contribution in [0.2, 0.25) is 5.02 Å². The number of carbonyl (C=O) groups excluding carboxylic acids is 1. The molecule has 220 valence electrons. The van der Waals surface area contributed by atoms with Crippen molar-refractivity contribution in [1.29, 1.82) is 10.5 Å². The molecule has 43 heavy (non-hydrogen) atoms. The third-order valence-electron chi connectivity index (χ3n) is 6.12. The summed E-state index contributed by atoms with van der Waals surface area (Å²) in [7, 11) is 2.86. The summed E-state index contributed by atoms with van der Waals surface area (Å²) in [6.07, 6.45) is 0.485. The molecule has 13 heteroatoms. The van der Waals surface area contributed by atoms with Crippen molar-refractivity contribution in [2.75, 3.05) is 38.8 Å². The van der Waals surface area contributed by atoms with Crippen LogP contribution in [-0.2, 0) is 15.3 Å². The summed E-state index contributed by atoms with van der Waals surface area (Å²) < 4.78 is 15.9. The third kappa shape index (κ3) is 7.63. The van der Waals surface area contributed by atoms with E-state index in [0.29, 0.717) is 44.3 Å². The van der Waals surface area contributed by atoms with E-state index in [1.54, 1.807) is 55.6 Å². The Morgan fingerprint density at radius 2 is 1.77 bits per heavy atom. The zero-order valence-electron chi connectivity index (χ0n) is 23.2. The van der Waals surface area contributed by atoms with Crippen LogP contribution in [0.5, 0.6) is 5.75 Å². The first-order valence-electron chi connectivity index (χ1n) is 12.8. The summed E-state index contributed by atoms with van der Waals surface area (Å²) in [6, 6.07) is 18.0. The molecule has 0 fully saturated rings. The molecule has 2 aromatic heterocycles. The van der Waals surface area contributed by atoms with Crippen molar-refractivity contribution < 1.29 is 28.9 Å². The number of aromatic nitrogens is 2. The van der Waals surface area contributed by atoms with E-state index in [-0.39, 0.29) is 30.1 Å². The minimum Gasteiger partial charge on any atom is -0.491 e. The van der Waals surface area contributed by atoms with Gasteiger partial charge in [-0.2, -0.15) is 10.5 Å². The molecule has 2 heterocycles. The maximum absolute atomic E-state index is 12.1. The molecule has 11 nitrogen and oxygen atoms in total. The molecule has 0 aliphatic carbocycles. The predicted molar refractivity (Wildman–Crippen MR) is 159 cm³/mol. The Morgan fingerprint density at radius 3 is 2.40 bits per heavy atom. The number of carbonyl (C=O) groups is 1. The van der Waals surface area contributed by atoms with E-state index in [2.05, 4.69) is 22.1 Å². The van der Waals surface area contributed by atoms with Gasteiger partial charge in [-0.3, -0.25) is 4.79 Å². The molecule has 0 amide bonds. The number of aliphatic hydroxyl groups excluding tert-OH is 2. The van der Waals surface area contributed by atoms with Crippen LogP contribution in [0.1, 0.15) is 16.8 Å². The summed E-state index contributed by atoms with van der Waals surface area (Å²) in [5, 5.41) is 40.0. The minimum absolute atomic E-state index is 0.100. The van der Waals surface area contributed by atoms with Crippen molar-refractivity contribution >= 4 is 35.1 Å². The number of hydrogen-bond acceptors (Lipinski definition) is 12. The molecular formula is C30H26ClN5O6S. The van der Waals surface area contributed by atoms with E-state index in [0.717, 1.165) is 5.56 Å². The fraction of sp³-hybridized carbons (Fsp3) is 0.233. The average molecular weight is 620 g/mol. The van der Waals surface area contributed by atoms with E-state index >= 15 is 0 Å². The summed E-state index contributed by atoms with van der Waals surface area (Å²) in [5.74, 6) is 0.788. The van der Waals surface area contributed by atoms with Gasteiger partial charge in [-0.05, 0) is 42.0 Å². The Hall–Kier alpha value is -4.59. The second-order valence-electron chi connectivity index (χ2n) is 9.13. The standard InChI is InChI=1S/C30H26ClN5O6S/c1-36(13-26(39)40-2)28-24(11-32)27(18-5-9-23(10-6-18)41-16-22(38)14-37)25(12-33)30(35-28)43-17-21-15-42-29(34-21)19-3-7-20(31)8-4-19/h3-10,15,22,37-38H,13-14,16-17H2,1-2H3. The van der Waals surface area contributed by atoms with Gasteiger partial charge in [0.15, 0.2) is 0 Å². The number of aliphatic hydroxyl groups is 2. The lowest BCUT2D eigenvalue weighted by atomic mass is 9.96. The first-order chi connectivity index (χ1) is 20.8.